The van der Waals surface area contributed by atoms with Crippen LogP contribution in [0.3, 0.4) is 0 Å². The van der Waals surface area contributed by atoms with E-state index in [4.69, 9.17) is 4.74 Å². The normalized spacial score (nSPS) is 12.0. The Hall–Kier alpha value is -3.67. The summed E-state index contributed by atoms with van der Waals surface area (Å²) in [6.07, 6.45) is 0.285. The third kappa shape index (κ3) is 7.95. The van der Waals surface area contributed by atoms with Gasteiger partial charge in [-0.3, -0.25) is 9.59 Å². The first-order chi connectivity index (χ1) is 16.6. The fourth-order valence-electron chi connectivity index (χ4n) is 3.75. The highest BCUT2D eigenvalue weighted by molar-refractivity contribution is 5.89. The van der Waals surface area contributed by atoms with E-state index >= 15 is 0 Å². The SMILES string of the molecule is Cc1cccc(OCC(=O)N(Cc2ccccc2F)[C@H](Cc2ccccc2)C(=O)NC(C)(C)C)c1. The summed E-state index contributed by atoms with van der Waals surface area (Å²) >= 11 is 0. The zero-order chi connectivity index (χ0) is 25.4. The number of carbonyl (C=O) groups excluding carboxylic acids is 2. The first kappa shape index (κ1) is 25.9. The first-order valence-corrected chi connectivity index (χ1v) is 11.7. The largest absolute Gasteiger partial charge is 0.484 e. The van der Waals surface area contributed by atoms with Crippen molar-refractivity contribution in [2.24, 2.45) is 0 Å². The summed E-state index contributed by atoms with van der Waals surface area (Å²) in [5.74, 6) is -0.580. The lowest BCUT2D eigenvalue weighted by Crippen LogP contribution is -2.55. The van der Waals surface area contributed by atoms with Crippen LogP contribution in [0.15, 0.2) is 78.9 Å². The Morgan fingerprint density at radius 2 is 1.66 bits per heavy atom. The molecule has 3 aromatic carbocycles. The van der Waals surface area contributed by atoms with Gasteiger partial charge in [-0.1, -0.05) is 60.7 Å². The molecule has 1 atom stereocenters. The number of nitrogens with zero attached hydrogens (tertiary/aromatic N) is 1. The zero-order valence-corrected chi connectivity index (χ0v) is 20.8. The number of nitrogens with one attached hydrogen (secondary N) is 1. The van der Waals surface area contributed by atoms with Crippen LogP contribution < -0.4 is 10.1 Å². The number of aryl methyl sites for hydroxylation is 1. The molecule has 0 fully saturated rings. The summed E-state index contributed by atoms with van der Waals surface area (Å²) in [7, 11) is 0. The van der Waals surface area contributed by atoms with Gasteiger partial charge in [0.2, 0.25) is 5.91 Å². The van der Waals surface area contributed by atoms with Crippen molar-refractivity contribution in [2.75, 3.05) is 6.61 Å². The number of halogens is 1. The fraction of sp³-hybridized carbons (Fsp3) is 0.310. The average molecular weight is 477 g/mol. The van der Waals surface area contributed by atoms with Gasteiger partial charge in [0.15, 0.2) is 6.61 Å². The topological polar surface area (TPSA) is 58.6 Å². The molecule has 2 amide bonds. The maximum atomic E-state index is 14.6. The van der Waals surface area contributed by atoms with Gasteiger partial charge in [-0.2, -0.15) is 0 Å². The van der Waals surface area contributed by atoms with Crippen molar-refractivity contribution in [1.29, 1.82) is 0 Å². The van der Waals surface area contributed by atoms with E-state index in [1.165, 1.54) is 11.0 Å². The highest BCUT2D eigenvalue weighted by Crippen LogP contribution is 2.19. The molecule has 0 bridgehead atoms. The molecule has 0 spiro atoms. The molecular formula is C29H33FN2O3. The van der Waals surface area contributed by atoms with Gasteiger partial charge in [0, 0.05) is 24.1 Å². The quantitative estimate of drug-likeness (QED) is 0.469. The summed E-state index contributed by atoms with van der Waals surface area (Å²) in [5.41, 5.74) is 1.73. The minimum atomic E-state index is -0.857. The Bertz CT molecular complexity index is 1140. The van der Waals surface area contributed by atoms with Gasteiger partial charge in [0.05, 0.1) is 0 Å². The maximum Gasteiger partial charge on any atom is 0.261 e. The Morgan fingerprint density at radius 1 is 0.971 bits per heavy atom. The van der Waals surface area contributed by atoms with Crippen LogP contribution in [-0.4, -0.2) is 34.9 Å². The lowest BCUT2D eigenvalue weighted by Gasteiger charge is -2.33. The van der Waals surface area contributed by atoms with Gasteiger partial charge in [-0.15, -0.1) is 0 Å². The van der Waals surface area contributed by atoms with Crippen LogP contribution in [0, 0.1) is 12.7 Å². The average Bonchev–Trinajstić information content (AvgIpc) is 2.80. The highest BCUT2D eigenvalue weighted by Gasteiger charge is 2.32. The second-order valence-electron chi connectivity index (χ2n) is 9.66. The van der Waals surface area contributed by atoms with Crippen molar-refractivity contribution in [3.05, 3.63) is 101 Å². The van der Waals surface area contributed by atoms with Crippen molar-refractivity contribution < 1.29 is 18.7 Å². The molecule has 6 heteroatoms. The molecule has 0 aromatic heterocycles. The predicted molar refractivity (Wildman–Crippen MR) is 135 cm³/mol. The van der Waals surface area contributed by atoms with Crippen molar-refractivity contribution >= 4 is 11.8 Å². The number of benzene rings is 3. The van der Waals surface area contributed by atoms with Gasteiger partial charge >= 0.3 is 0 Å². The Balaban J connectivity index is 1.94. The van der Waals surface area contributed by atoms with Gasteiger partial charge in [-0.05, 0) is 57.0 Å². The van der Waals surface area contributed by atoms with E-state index in [9.17, 15) is 14.0 Å². The van der Waals surface area contributed by atoms with E-state index in [2.05, 4.69) is 5.32 Å². The summed E-state index contributed by atoms with van der Waals surface area (Å²) < 4.78 is 20.4. The van der Waals surface area contributed by atoms with Crippen LogP contribution in [0.25, 0.3) is 0 Å². The molecule has 3 aromatic rings. The number of rotatable bonds is 9. The van der Waals surface area contributed by atoms with Crippen molar-refractivity contribution in [1.82, 2.24) is 10.2 Å². The third-order valence-corrected chi connectivity index (χ3v) is 5.42. The molecule has 0 saturated carbocycles. The molecule has 35 heavy (non-hydrogen) atoms. The van der Waals surface area contributed by atoms with Gasteiger partial charge in [0.1, 0.15) is 17.6 Å². The highest BCUT2D eigenvalue weighted by atomic mass is 19.1. The van der Waals surface area contributed by atoms with Gasteiger partial charge < -0.3 is 15.0 Å². The van der Waals surface area contributed by atoms with Gasteiger partial charge in [0.25, 0.3) is 5.91 Å². The molecule has 0 aliphatic rings. The molecule has 0 saturated heterocycles. The number of hydrogen-bond acceptors (Lipinski definition) is 3. The van der Waals surface area contributed by atoms with Crippen LogP contribution in [0.2, 0.25) is 0 Å². The standard InChI is InChI=1S/C29H33FN2O3/c1-21-11-10-15-24(17-21)35-20-27(33)32(19-23-14-8-9-16-25(23)30)26(28(34)31-29(2,3)4)18-22-12-6-5-7-13-22/h5-17,26H,18-20H2,1-4H3,(H,31,34)/t26-/m1/s1. The Labute approximate surface area is 206 Å². The van der Waals surface area contributed by atoms with E-state index in [-0.39, 0.29) is 25.5 Å². The smallest absolute Gasteiger partial charge is 0.261 e. The minimum Gasteiger partial charge on any atom is -0.484 e. The molecule has 184 valence electrons. The van der Waals surface area contributed by atoms with Crippen LogP contribution in [-0.2, 0) is 22.6 Å². The summed E-state index contributed by atoms with van der Waals surface area (Å²) in [6, 6.07) is 22.3. The van der Waals surface area contributed by atoms with E-state index in [1.54, 1.807) is 24.3 Å². The lowest BCUT2D eigenvalue weighted by molar-refractivity contribution is -0.143. The van der Waals surface area contributed by atoms with E-state index in [1.807, 2.05) is 76.2 Å². The summed E-state index contributed by atoms with van der Waals surface area (Å²) in [4.78, 5) is 28.4. The molecule has 1 N–H and O–H groups in total. The van der Waals surface area contributed by atoms with Crippen molar-refractivity contribution in [3.63, 3.8) is 0 Å². The minimum absolute atomic E-state index is 0.0578. The summed E-state index contributed by atoms with van der Waals surface area (Å²) in [6.45, 7) is 7.26. The van der Waals surface area contributed by atoms with Crippen LogP contribution in [0.5, 0.6) is 5.75 Å². The van der Waals surface area contributed by atoms with E-state index in [0.29, 0.717) is 11.3 Å². The number of ether oxygens (including phenoxy) is 1. The molecule has 0 heterocycles. The summed E-state index contributed by atoms with van der Waals surface area (Å²) in [5, 5.41) is 2.99. The number of hydrogen-bond donors (Lipinski definition) is 1. The molecule has 5 nitrogen and oxygen atoms in total. The van der Waals surface area contributed by atoms with Crippen LogP contribution >= 0.6 is 0 Å². The Morgan fingerprint density at radius 3 is 2.31 bits per heavy atom. The maximum absolute atomic E-state index is 14.6. The Kier molecular flexibility index (Phi) is 8.63. The lowest BCUT2D eigenvalue weighted by atomic mass is 10.0. The fourth-order valence-corrected chi connectivity index (χ4v) is 3.75. The molecule has 3 rings (SSSR count). The van der Waals surface area contributed by atoms with E-state index < -0.39 is 23.3 Å². The monoisotopic (exact) mass is 476 g/mol. The second kappa shape index (κ2) is 11.6. The third-order valence-electron chi connectivity index (χ3n) is 5.42. The molecule has 0 aliphatic carbocycles. The second-order valence-corrected chi connectivity index (χ2v) is 9.66. The molecule has 0 unspecified atom stereocenters. The van der Waals surface area contributed by atoms with E-state index in [0.717, 1.165) is 11.1 Å². The number of amides is 2. The molecular weight excluding hydrogens is 443 g/mol. The predicted octanol–water partition coefficient (Wildman–Crippen LogP) is 5.07. The zero-order valence-electron chi connectivity index (χ0n) is 20.8. The first-order valence-electron chi connectivity index (χ1n) is 11.7. The molecule has 0 aliphatic heterocycles. The number of carbonyl (C=O) groups is 2. The van der Waals surface area contributed by atoms with Crippen molar-refractivity contribution in [2.45, 2.75) is 52.2 Å². The van der Waals surface area contributed by atoms with Crippen molar-refractivity contribution in [3.8, 4) is 5.75 Å². The van der Waals surface area contributed by atoms with Crippen LogP contribution in [0.1, 0.15) is 37.5 Å². The molecule has 0 radical (unpaired) electrons. The van der Waals surface area contributed by atoms with Crippen LogP contribution in [0.4, 0.5) is 4.39 Å². The van der Waals surface area contributed by atoms with Gasteiger partial charge in [-0.25, -0.2) is 4.39 Å².